The summed E-state index contributed by atoms with van der Waals surface area (Å²) in [6.45, 7) is 2.49. The monoisotopic (exact) mass is 360 g/mol. The van der Waals surface area contributed by atoms with Crippen LogP contribution in [0.15, 0.2) is 54.7 Å². The molecule has 0 spiro atoms. The number of hydrogen-bond donors (Lipinski definition) is 2. The van der Waals surface area contributed by atoms with Crippen LogP contribution in [-0.2, 0) is 18.4 Å². The summed E-state index contributed by atoms with van der Waals surface area (Å²) in [5, 5.41) is 14.2. The van der Waals surface area contributed by atoms with Crippen molar-refractivity contribution in [2.24, 2.45) is 0 Å². The highest BCUT2D eigenvalue weighted by atomic mass is 16.3. The SMILES string of the molecule is CC(O)(CCNc1nc(-c2ccccn2)nc2c1CCC2)c1ccccc1. The first kappa shape index (κ1) is 17.6. The molecular weight excluding hydrogens is 336 g/mol. The van der Waals surface area contributed by atoms with Crippen LogP contribution < -0.4 is 5.32 Å². The number of fused-ring (bicyclic) bond motifs is 1. The Morgan fingerprint density at radius 2 is 1.85 bits per heavy atom. The number of benzene rings is 1. The molecule has 2 aromatic heterocycles. The summed E-state index contributed by atoms with van der Waals surface area (Å²) in [5.74, 6) is 1.54. The molecule has 1 aliphatic rings. The fourth-order valence-electron chi connectivity index (χ4n) is 3.55. The number of pyridine rings is 1. The second-order valence-electron chi connectivity index (χ2n) is 7.21. The van der Waals surface area contributed by atoms with Crippen LogP contribution in [0.2, 0.25) is 0 Å². The van der Waals surface area contributed by atoms with Gasteiger partial charge in [-0.2, -0.15) is 0 Å². The van der Waals surface area contributed by atoms with Gasteiger partial charge in [-0.25, -0.2) is 9.97 Å². The van der Waals surface area contributed by atoms with Gasteiger partial charge in [-0.15, -0.1) is 0 Å². The maximum absolute atomic E-state index is 10.8. The highest BCUT2D eigenvalue weighted by molar-refractivity contribution is 5.57. The molecule has 0 saturated carbocycles. The van der Waals surface area contributed by atoms with Gasteiger partial charge >= 0.3 is 0 Å². The molecule has 2 heterocycles. The van der Waals surface area contributed by atoms with Gasteiger partial charge in [0.05, 0.1) is 5.60 Å². The zero-order valence-electron chi connectivity index (χ0n) is 15.5. The summed E-state index contributed by atoms with van der Waals surface area (Å²) in [7, 11) is 0. The van der Waals surface area contributed by atoms with E-state index in [4.69, 9.17) is 9.97 Å². The van der Waals surface area contributed by atoms with E-state index in [1.54, 1.807) is 6.20 Å². The maximum Gasteiger partial charge on any atom is 0.180 e. The van der Waals surface area contributed by atoms with Crippen molar-refractivity contribution >= 4 is 5.82 Å². The maximum atomic E-state index is 10.8. The second-order valence-corrected chi connectivity index (χ2v) is 7.21. The highest BCUT2D eigenvalue weighted by Crippen LogP contribution is 2.29. The fraction of sp³-hybridized carbons (Fsp3) is 0.318. The van der Waals surface area contributed by atoms with Crippen molar-refractivity contribution < 1.29 is 5.11 Å². The summed E-state index contributed by atoms with van der Waals surface area (Å²) >= 11 is 0. The molecular formula is C22H24N4O. The largest absolute Gasteiger partial charge is 0.385 e. The minimum Gasteiger partial charge on any atom is -0.385 e. The lowest BCUT2D eigenvalue weighted by molar-refractivity contribution is 0.0515. The summed E-state index contributed by atoms with van der Waals surface area (Å²) in [6, 6.07) is 15.6. The number of nitrogens with one attached hydrogen (secondary N) is 1. The van der Waals surface area contributed by atoms with Gasteiger partial charge < -0.3 is 10.4 Å². The first-order valence-electron chi connectivity index (χ1n) is 9.46. The molecule has 1 aromatic carbocycles. The van der Waals surface area contributed by atoms with E-state index < -0.39 is 5.60 Å². The molecule has 5 nitrogen and oxygen atoms in total. The van der Waals surface area contributed by atoms with E-state index in [2.05, 4.69) is 10.3 Å². The number of anilines is 1. The van der Waals surface area contributed by atoms with Gasteiger partial charge in [0.1, 0.15) is 11.5 Å². The molecule has 3 aromatic rings. The Balaban J connectivity index is 1.53. The lowest BCUT2D eigenvalue weighted by Gasteiger charge is -2.24. The predicted octanol–water partition coefficient (Wildman–Crippen LogP) is 3.74. The Hall–Kier alpha value is -2.79. The van der Waals surface area contributed by atoms with Crippen LogP contribution in [0.25, 0.3) is 11.5 Å². The van der Waals surface area contributed by atoms with Crippen molar-refractivity contribution in [1.82, 2.24) is 15.0 Å². The standard InChI is InChI=1S/C22H24N4O/c1-22(27,16-8-3-2-4-9-16)13-15-24-20-17-10-7-12-18(17)25-21(26-20)19-11-5-6-14-23-19/h2-6,8-9,11,14,27H,7,10,12-13,15H2,1H3,(H,24,25,26). The van der Waals surface area contributed by atoms with Crippen LogP contribution in [0.4, 0.5) is 5.82 Å². The Bertz CT molecular complexity index is 910. The van der Waals surface area contributed by atoms with Crippen LogP contribution in [-0.4, -0.2) is 26.6 Å². The quantitative estimate of drug-likeness (QED) is 0.701. The van der Waals surface area contributed by atoms with E-state index in [1.165, 1.54) is 5.56 Å². The second kappa shape index (κ2) is 7.45. The van der Waals surface area contributed by atoms with Crippen molar-refractivity contribution in [3.05, 3.63) is 71.5 Å². The smallest absolute Gasteiger partial charge is 0.180 e. The molecule has 1 atom stereocenters. The number of hydrogen-bond acceptors (Lipinski definition) is 5. The summed E-state index contributed by atoms with van der Waals surface area (Å²) < 4.78 is 0. The molecule has 0 fully saturated rings. The van der Waals surface area contributed by atoms with E-state index in [0.717, 1.165) is 42.0 Å². The third-order valence-corrected chi connectivity index (χ3v) is 5.13. The van der Waals surface area contributed by atoms with Crippen molar-refractivity contribution in [2.45, 2.75) is 38.2 Å². The van der Waals surface area contributed by atoms with Gasteiger partial charge in [-0.3, -0.25) is 4.98 Å². The third-order valence-electron chi connectivity index (χ3n) is 5.13. The van der Waals surface area contributed by atoms with E-state index in [0.29, 0.717) is 18.8 Å². The van der Waals surface area contributed by atoms with Gasteiger partial charge in [0, 0.05) is 24.0 Å². The lowest BCUT2D eigenvalue weighted by Crippen LogP contribution is -2.25. The number of aromatic nitrogens is 3. The molecule has 0 saturated heterocycles. The van der Waals surface area contributed by atoms with Crippen LogP contribution in [0.3, 0.4) is 0 Å². The van der Waals surface area contributed by atoms with Crippen LogP contribution >= 0.6 is 0 Å². The van der Waals surface area contributed by atoms with Gasteiger partial charge in [0.15, 0.2) is 5.82 Å². The summed E-state index contributed by atoms with van der Waals surface area (Å²) in [6.07, 6.45) is 5.43. The molecule has 4 rings (SSSR count). The number of nitrogens with zero attached hydrogens (tertiary/aromatic N) is 3. The predicted molar refractivity (Wildman–Crippen MR) is 106 cm³/mol. The fourth-order valence-corrected chi connectivity index (χ4v) is 3.55. The minimum atomic E-state index is -0.881. The van der Waals surface area contributed by atoms with Crippen molar-refractivity contribution in [3.63, 3.8) is 0 Å². The first-order chi connectivity index (χ1) is 13.1. The average molecular weight is 360 g/mol. The van der Waals surface area contributed by atoms with Crippen molar-refractivity contribution in [3.8, 4) is 11.5 Å². The molecule has 0 amide bonds. The van der Waals surface area contributed by atoms with Crippen LogP contribution in [0.1, 0.15) is 36.6 Å². The van der Waals surface area contributed by atoms with Crippen LogP contribution in [0, 0.1) is 0 Å². The molecule has 2 N–H and O–H groups in total. The molecule has 27 heavy (non-hydrogen) atoms. The summed E-state index contributed by atoms with van der Waals surface area (Å²) in [5.41, 5.74) is 3.14. The molecule has 1 unspecified atom stereocenters. The Morgan fingerprint density at radius 3 is 2.63 bits per heavy atom. The van der Waals surface area contributed by atoms with E-state index in [1.807, 2.05) is 55.5 Å². The van der Waals surface area contributed by atoms with E-state index in [9.17, 15) is 5.11 Å². The van der Waals surface area contributed by atoms with Gasteiger partial charge in [-0.1, -0.05) is 36.4 Å². The van der Waals surface area contributed by atoms with Gasteiger partial charge in [0.2, 0.25) is 0 Å². The molecule has 138 valence electrons. The average Bonchev–Trinajstić information content (AvgIpc) is 3.18. The van der Waals surface area contributed by atoms with E-state index in [-0.39, 0.29) is 0 Å². The van der Waals surface area contributed by atoms with E-state index >= 15 is 0 Å². The highest BCUT2D eigenvalue weighted by Gasteiger charge is 2.24. The molecule has 0 radical (unpaired) electrons. The molecule has 0 aliphatic heterocycles. The molecule has 1 aliphatic carbocycles. The zero-order chi connectivity index (χ0) is 18.7. The van der Waals surface area contributed by atoms with Crippen molar-refractivity contribution in [1.29, 1.82) is 0 Å². The first-order valence-corrected chi connectivity index (χ1v) is 9.46. The van der Waals surface area contributed by atoms with Crippen LogP contribution in [0.5, 0.6) is 0 Å². The lowest BCUT2D eigenvalue weighted by atomic mass is 9.92. The minimum absolute atomic E-state index is 0.592. The van der Waals surface area contributed by atoms with Gasteiger partial charge in [0.25, 0.3) is 0 Å². The number of aryl methyl sites for hydroxylation is 1. The Morgan fingerprint density at radius 1 is 1.04 bits per heavy atom. The topological polar surface area (TPSA) is 70.9 Å². The zero-order valence-corrected chi connectivity index (χ0v) is 15.5. The summed E-state index contributed by atoms with van der Waals surface area (Å²) in [4.78, 5) is 13.8. The molecule has 0 bridgehead atoms. The number of aliphatic hydroxyl groups is 1. The number of rotatable bonds is 6. The Labute approximate surface area is 159 Å². The third kappa shape index (κ3) is 3.83. The Kier molecular flexibility index (Phi) is 4.86. The van der Waals surface area contributed by atoms with Crippen molar-refractivity contribution in [2.75, 3.05) is 11.9 Å². The normalized spacial score (nSPS) is 15.2. The molecule has 5 heteroatoms. The van der Waals surface area contributed by atoms with Gasteiger partial charge in [-0.05, 0) is 50.3 Å².